The molecule has 1 aromatic heterocycles. The highest BCUT2D eigenvalue weighted by Gasteiger charge is 2.18. The molecule has 0 saturated carbocycles. The van der Waals surface area contributed by atoms with Crippen molar-refractivity contribution in [3.8, 4) is 0 Å². The van der Waals surface area contributed by atoms with Crippen LogP contribution in [-0.2, 0) is 13.1 Å². The predicted octanol–water partition coefficient (Wildman–Crippen LogP) is 2.95. The fraction of sp³-hybridized carbons (Fsp3) is 0.500. The molecule has 1 aliphatic heterocycles. The highest BCUT2D eigenvalue weighted by molar-refractivity contribution is 7.09. The molecule has 0 atom stereocenters. The number of aryl methyl sites for hydroxylation is 1. The number of aliphatic hydroxyl groups excluding tert-OH is 1. The monoisotopic (exact) mass is 331 g/mol. The number of aliphatic hydroxyl groups is 1. The summed E-state index contributed by atoms with van der Waals surface area (Å²) in [5, 5.41) is 12.7. The number of anilines is 1. The molecule has 0 aliphatic carbocycles. The van der Waals surface area contributed by atoms with E-state index in [9.17, 15) is 5.11 Å². The van der Waals surface area contributed by atoms with Crippen LogP contribution in [0.25, 0.3) is 0 Å². The highest BCUT2D eigenvalue weighted by Crippen LogP contribution is 2.23. The minimum Gasteiger partial charge on any atom is -0.396 e. The molecule has 2 heterocycles. The summed E-state index contributed by atoms with van der Waals surface area (Å²) in [6.45, 7) is 6.25. The van der Waals surface area contributed by atoms with Crippen LogP contribution in [0.4, 0.5) is 5.69 Å². The first-order chi connectivity index (χ1) is 11.3. The predicted molar refractivity (Wildman–Crippen MR) is 95.9 cm³/mol. The minimum absolute atomic E-state index is 0.331. The molecular weight excluding hydrogens is 306 g/mol. The van der Waals surface area contributed by atoms with Crippen molar-refractivity contribution in [2.24, 2.45) is 5.92 Å². The Morgan fingerprint density at radius 1 is 1.22 bits per heavy atom. The number of benzene rings is 1. The van der Waals surface area contributed by atoms with Crippen molar-refractivity contribution in [2.45, 2.75) is 32.9 Å². The molecule has 4 nitrogen and oxygen atoms in total. The van der Waals surface area contributed by atoms with E-state index in [0.717, 1.165) is 44.7 Å². The first-order valence-corrected chi connectivity index (χ1v) is 9.18. The summed E-state index contributed by atoms with van der Waals surface area (Å²) in [5.74, 6) is 0.491. The van der Waals surface area contributed by atoms with Crippen molar-refractivity contribution in [1.82, 2.24) is 10.3 Å². The Labute approximate surface area is 142 Å². The summed E-state index contributed by atoms with van der Waals surface area (Å²) < 4.78 is 0. The van der Waals surface area contributed by atoms with Crippen molar-refractivity contribution >= 4 is 17.0 Å². The van der Waals surface area contributed by atoms with Crippen LogP contribution < -0.4 is 10.2 Å². The maximum Gasteiger partial charge on any atom is 0.0798 e. The van der Waals surface area contributed by atoms with E-state index in [4.69, 9.17) is 0 Å². The van der Waals surface area contributed by atoms with E-state index in [2.05, 4.69) is 46.4 Å². The van der Waals surface area contributed by atoms with Crippen LogP contribution in [0.3, 0.4) is 0 Å². The molecule has 1 aromatic carbocycles. The average molecular weight is 331 g/mol. The standard InChI is InChI=1S/C18H25N3OS/c1-14-18(23-13-20-14)11-19-10-15-2-4-17(5-3-15)21-8-6-16(12-22)7-9-21/h2-5,13,16,19,22H,6-12H2,1H3. The molecular formula is C18H25N3OS. The molecule has 1 saturated heterocycles. The van der Waals surface area contributed by atoms with Gasteiger partial charge in [-0.3, -0.25) is 0 Å². The molecule has 1 aliphatic rings. The fourth-order valence-electron chi connectivity index (χ4n) is 3.01. The summed E-state index contributed by atoms with van der Waals surface area (Å²) in [5.41, 5.74) is 5.63. The second-order valence-electron chi connectivity index (χ2n) is 6.24. The lowest BCUT2D eigenvalue weighted by molar-refractivity contribution is 0.203. The number of piperidine rings is 1. The number of thiazole rings is 1. The first kappa shape index (κ1) is 16.4. The van der Waals surface area contributed by atoms with Gasteiger partial charge >= 0.3 is 0 Å². The Balaban J connectivity index is 1.48. The molecule has 3 rings (SSSR count). The minimum atomic E-state index is 0.331. The summed E-state index contributed by atoms with van der Waals surface area (Å²) in [6, 6.07) is 8.85. The molecule has 2 aromatic rings. The Bertz CT molecular complexity index is 603. The van der Waals surface area contributed by atoms with Gasteiger partial charge in [-0.1, -0.05) is 12.1 Å². The molecule has 0 radical (unpaired) electrons. The molecule has 0 unspecified atom stereocenters. The lowest BCUT2D eigenvalue weighted by atomic mass is 9.97. The Morgan fingerprint density at radius 2 is 1.96 bits per heavy atom. The third-order valence-corrected chi connectivity index (χ3v) is 5.57. The fourth-order valence-corrected chi connectivity index (χ4v) is 3.76. The van der Waals surface area contributed by atoms with E-state index in [-0.39, 0.29) is 0 Å². The maximum absolute atomic E-state index is 9.22. The van der Waals surface area contributed by atoms with Crippen LogP contribution >= 0.6 is 11.3 Å². The maximum atomic E-state index is 9.22. The summed E-state index contributed by atoms with van der Waals surface area (Å²) in [6.07, 6.45) is 2.18. The van der Waals surface area contributed by atoms with Gasteiger partial charge in [0.25, 0.3) is 0 Å². The third-order valence-electron chi connectivity index (χ3n) is 4.63. The second-order valence-corrected chi connectivity index (χ2v) is 7.18. The van der Waals surface area contributed by atoms with E-state index in [1.54, 1.807) is 11.3 Å². The molecule has 0 amide bonds. The number of nitrogens with zero attached hydrogens (tertiary/aromatic N) is 2. The zero-order valence-electron chi connectivity index (χ0n) is 13.7. The van der Waals surface area contributed by atoms with Crippen LogP contribution in [0, 0.1) is 12.8 Å². The van der Waals surface area contributed by atoms with Crippen LogP contribution in [-0.4, -0.2) is 29.8 Å². The van der Waals surface area contributed by atoms with E-state index < -0.39 is 0 Å². The summed E-state index contributed by atoms with van der Waals surface area (Å²) >= 11 is 1.71. The van der Waals surface area contributed by atoms with Gasteiger partial charge in [-0.15, -0.1) is 11.3 Å². The molecule has 0 spiro atoms. The number of aromatic nitrogens is 1. The summed E-state index contributed by atoms with van der Waals surface area (Å²) in [4.78, 5) is 8.01. The van der Waals surface area contributed by atoms with E-state index in [0.29, 0.717) is 12.5 Å². The lowest BCUT2D eigenvalue weighted by Gasteiger charge is -2.33. The van der Waals surface area contributed by atoms with Gasteiger partial charge in [0.15, 0.2) is 0 Å². The molecule has 2 N–H and O–H groups in total. The van der Waals surface area contributed by atoms with Crippen LogP contribution in [0.5, 0.6) is 0 Å². The number of hydrogen-bond donors (Lipinski definition) is 2. The number of rotatable bonds is 6. The van der Waals surface area contributed by atoms with Gasteiger partial charge in [0, 0.05) is 43.4 Å². The SMILES string of the molecule is Cc1ncsc1CNCc1ccc(N2CCC(CO)CC2)cc1. The van der Waals surface area contributed by atoms with Crippen molar-refractivity contribution in [2.75, 3.05) is 24.6 Å². The molecule has 1 fully saturated rings. The highest BCUT2D eigenvalue weighted by atomic mass is 32.1. The largest absolute Gasteiger partial charge is 0.396 e. The Hall–Kier alpha value is -1.43. The second kappa shape index (κ2) is 7.90. The van der Waals surface area contributed by atoms with E-state index in [1.165, 1.54) is 16.1 Å². The van der Waals surface area contributed by atoms with Gasteiger partial charge in [0.2, 0.25) is 0 Å². The van der Waals surface area contributed by atoms with Gasteiger partial charge < -0.3 is 15.3 Å². The van der Waals surface area contributed by atoms with Gasteiger partial charge in [0.05, 0.1) is 11.2 Å². The zero-order chi connectivity index (χ0) is 16.1. The summed E-state index contributed by atoms with van der Waals surface area (Å²) in [7, 11) is 0. The van der Waals surface area contributed by atoms with Crippen molar-refractivity contribution < 1.29 is 5.11 Å². The molecule has 5 heteroatoms. The van der Waals surface area contributed by atoms with Crippen molar-refractivity contribution in [3.63, 3.8) is 0 Å². The van der Waals surface area contributed by atoms with Crippen molar-refractivity contribution in [3.05, 3.63) is 45.9 Å². The van der Waals surface area contributed by atoms with Gasteiger partial charge in [-0.2, -0.15) is 0 Å². The van der Waals surface area contributed by atoms with Gasteiger partial charge in [-0.25, -0.2) is 4.98 Å². The number of nitrogens with one attached hydrogen (secondary N) is 1. The van der Waals surface area contributed by atoms with Crippen LogP contribution in [0.2, 0.25) is 0 Å². The topological polar surface area (TPSA) is 48.4 Å². The van der Waals surface area contributed by atoms with Crippen molar-refractivity contribution in [1.29, 1.82) is 0 Å². The lowest BCUT2D eigenvalue weighted by Crippen LogP contribution is -2.34. The Morgan fingerprint density at radius 3 is 2.57 bits per heavy atom. The average Bonchev–Trinajstić information content (AvgIpc) is 3.01. The molecule has 23 heavy (non-hydrogen) atoms. The molecule has 0 bridgehead atoms. The zero-order valence-corrected chi connectivity index (χ0v) is 14.5. The van der Waals surface area contributed by atoms with Gasteiger partial charge in [0.1, 0.15) is 0 Å². The molecule has 124 valence electrons. The smallest absolute Gasteiger partial charge is 0.0798 e. The Kier molecular flexibility index (Phi) is 5.65. The third kappa shape index (κ3) is 4.31. The first-order valence-electron chi connectivity index (χ1n) is 8.30. The van der Waals surface area contributed by atoms with Gasteiger partial charge in [-0.05, 0) is 43.4 Å². The van der Waals surface area contributed by atoms with Crippen LogP contribution in [0.15, 0.2) is 29.8 Å². The van der Waals surface area contributed by atoms with E-state index >= 15 is 0 Å². The quantitative estimate of drug-likeness (QED) is 0.854. The normalized spacial score (nSPS) is 16.0. The number of hydrogen-bond acceptors (Lipinski definition) is 5. The van der Waals surface area contributed by atoms with Crippen LogP contribution in [0.1, 0.15) is 29.0 Å². The van der Waals surface area contributed by atoms with E-state index in [1.807, 2.05) is 5.51 Å².